The molecule has 0 bridgehead atoms. The average molecular weight is 297 g/mol. The summed E-state index contributed by atoms with van der Waals surface area (Å²) in [6, 6.07) is 15.8. The summed E-state index contributed by atoms with van der Waals surface area (Å²) in [6.45, 7) is 0. The molecule has 0 saturated carbocycles. The Morgan fingerprint density at radius 3 is 2.48 bits per heavy atom. The lowest BCUT2D eigenvalue weighted by molar-refractivity contribution is 0.667. The molecule has 5 rings (SSSR count). The number of hydrogen-bond donors (Lipinski definition) is 0. The van der Waals surface area contributed by atoms with Crippen LogP contribution in [0.1, 0.15) is 0 Å². The van der Waals surface area contributed by atoms with Gasteiger partial charge in [0, 0.05) is 29.5 Å². The topological polar surface area (TPSA) is 51.8 Å². The summed E-state index contributed by atoms with van der Waals surface area (Å²) in [5.74, 6) is 0. The number of para-hydroxylation sites is 1. The van der Waals surface area contributed by atoms with Gasteiger partial charge in [-0.05, 0) is 24.3 Å². The van der Waals surface area contributed by atoms with Gasteiger partial charge in [0.2, 0.25) is 0 Å². The Bertz CT molecular complexity index is 1170. The number of nitrogens with zero attached hydrogens (tertiary/aromatic N) is 3. The lowest BCUT2D eigenvalue weighted by atomic mass is 10.1. The van der Waals surface area contributed by atoms with Crippen molar-refractivity contribution in [3.05, 3.63) is 67.1 Å². The number of fused-ring (bicyclic) bond motifs is 4. The van der Waals surface area contributed by atoms with Crippen molar-refractivity contribution in [1.29, 1.82) is 0 Å². The number of aromatic nitrogens is 3. The summed E-state index contributed by atoms with van der Waals surface area (Å²) in [7, 11) is 0. The minimum Gasteiger partial charge on any atom is -0.452 e. The molecule has 0 aliphatic carbocycles. The molecule has 0 radical (unpaired) electrons. The van der Waals surface area contributed by atoms with Crippen molar-refractivity contribution < 1.29 is 4.42 Å². The number of pyridine rings is 3. The van der Waals surface area contributed by atoms with Gasteiger partial charge in [-0.1, -0.05) is 24.3 Å². The fourth-order valence-electron chi connectivity index (χ4n) is 3.01. The molecule has 4 heteroatoms. The van der Waals surface area contributed by atoms with Gasteiger partial charge >= 0.3 is 0 Å². The maximum atomic E-state index is 6.03. The zero-order chi connectivity index (χ0) is 15.2. The van der Waals surface area contributed by atoms with Crippen molar-refractivity contribution in [2.75, 3.05) is 0 Å². The lowest BCUT2D eigenvalue weighted by Crippen LogP contribution is -1.88. The zero-order valence-corrected chi connectivity index (χ0v) is 12.1. The molecule has 0 N–H and O–H groups in total. The molecule has 5 aromatic rings. The minimum atomic E-state index is 0.749. The first-order valence-electron chi connectivity index (χ1n) is 7.38. The van der Waals surface area contributed by atoms with Gasteiger partial charge in [0.25, 0.3) is 0 Å². The second kappa shape index (κ2) is 4.61. The van der Waals surface area contributed by atoms with E-state index in [-0.39, 0.29) is 0 Å². The van der Waals surface area contributed by atoms with Crippen LogP contribution in [0.15, 0.2) is 71.5 Å². The van der Waals surface area contributed by atoms with E-state index in [4.69, 9.17) is 4.42 Å². The predicted molar refractivity (Wildman–Crippen MR) is 90.0 cm³/mol. The first-order chi connectivity index (χ1) is 11.4. The SMILES string of the molecule is c1cnc2c(-c3nccc4c3oc3cccnc34)cccc2c1. The van der Waals surface area contributed by atoms with Crippen molar-refractivity contribution in [3.63, 3.8) is 0 Å². The fraction of sp³-hybridized carbons (Fsp3) is 0. The molecule has 0 unspecified atom stereocenters. The highest BCUT2D eigenvalue weighted by molar-refractivity contribution is 6.08. The normalized spacial score (nSPS) is 11.5. The van der Waals surface area contributed by atoms with Crippen LogP contribution in [-0.2, 0) is 0 Å². The molecule has 4 nitrogen and oxygen atoms in total. The largest absolute Gasteiger partial charge is 0.452 e. The smallest absolute Gasteiger partial charge is 0.163 e. The highest BCUT2D eigenvalue weighted by Crippen LogP contribution is 2.35. The Morgan fingerprint density at radius 1 is 0.696 bits per heavy atom. The molecular weight excluding hydrogens is 286 g/mol. The highest BCUT2D eigenvalue weighted by Gasteiger charge is 2.15. The Balaban J connectivity index is 1.93. The molecule has 1 aromatic carbocycles. The Hall–Kier alpha value is -3.27. The van der Waals surface area contributed by atoms with Crippen LogP contribution < -0.4 is 0 Å². The molecule has 0 saturated heterocycles. The second-order valence-electron chi connectivity index (χ2n) is 5.37. The van der Waals surface area contributed by atoms with Crippen LogP contribution in [-0.4, -0.2) is 15.0 Å². The zero-order valence-electron chi connectivity index (χ0n) is 12.1. The molecule has 0 aliphatic heterocycles. The fourth-order valence-corrected chi connectivity index (χ4v) is 3.01. The maximum Gasteiger partial charge on any atom is 0.163 e. The molecule has 0 fully saturated rings. The van der Waals surface area contributed by atoms with Crippen LogP contribution >= 0.6 is 0 Å². The van der Waals surface area contributed by atoms with E-state index in [0.29, 0.717) is 0 Å². The van der Waals surface area contributed by atoms with E-state index in [0.717, 1.165) is 44.2 Å². The van der Waals surface area contributed by atoms with Crippen LogP contribution in [0.4, 0.5) is 0 Å². The van der Waals surface area contributed by atoms with E-state index in [1.165, 1.54) is 0 Å². The maximum absolute atomic E-state index is 6.03. The summed E-state index contributed by atoms with van der Waals surface area (Å²) in [5.41, 5.74) is 5.06. The van der Waals surface area contributed by atoms with E-state index in [1.54, 1.807) is 18.6 Å². The summed E-state index contributed by atoms with van der Waals surface area (Å²) in [6.07, 6.45) is 5.37. The van der Waals surface area contributed by atoms with Gasteiger partial charge in [-0.25, -0.2) is 0 Å². The first-order valence-corrected chi connectivity index (χ1v) is 7.38. The lowest BCUT2D eigenvalue weighted by Gasteiger charge is -2.05. The number of rotatable bonds is 1. The van der Waals surface area contributed by atoms with Gasteiger partial charge in [0.05, 0.1) is 10.9 Å². The van der Waals surface area contributed by atoms with Gasteiger partial charge in [0.15, 0.2) is 11.2 Å². The first kappa shape index (κ1) is 12.3. The predicted octanol–water partition coefficient (Wildman–Crippen LogP) is 4.59. The van der Waals surface area contributed by atoms with E-state index in [1.807, 2.05) is 48.5 Å². The van der Waals surface area contributed by atoms with Crippen molar-refractivity contribution in [2.45, 2.75) is 0 Å². The van der Waals surface area contributed by atoms with E-state index in [2.05, 4.69) is 15.0 Å². The molecule has 4 aromatic heterocycles. The standard InChI is InChI=1S/C19H11N3O/c1-4-12-5-2-9-20-16(12)13(6-1)18-19-14(8-11-22-18)17-15(23-19)7-3-10-21-17/h1-11H. The average Bonchev–Trinajstić information content (AvgIpc) is 3.00. The van der Waals surface area contributed by atoms with Gasteiger partial charge in [-0.3, -0.25) is 15.0 Å². The summed E-state index contributed by atoms with van der Waals surface area (Å²) in [5, 5.41) is 2.05. The van der Waals surface area contributed by atoms with E-state index >= 15 is 0 Å². The molecule has 0 aliphatic rings. The van der Waals surface area contributed by atoms with Crippen molar-refractivity contribution >= 4 is 33.0 Å². The van der Waals surface area contributed by atoms with Gasteiger partial charge in [-0.2, -0.15) is 0 Å². The number of furan rings is 1. The minimum absolute atomic E-state index is 0.749. The molecule has 0 amide bonds. The third-order valence-corrected chi connectivity index (χ3v) is 4.03. The Kier molecular flexibility index (Phi) is 2.46. The van der Waals surface area contributed by atoms with Crippen LogP contribution in [0.25, 0.3) is 44.2 Å². The van der Waals surface area contributed by atoms with Crippen LogP contribution in [0.2, 0.25) is 0 Å². The Morgan fingerprint density at radius 2 is 1.52 bits per heavy atom. The van der Waals surface area contributed by atoms with Crippen molar-refractivity contribution in [3.8, 4) is 11.3 Å². The molecule has 4 heterocycles. The highest BCUT2D eigenvalue weighted by atomic mass is 16.3. The van der Waals surface area contributed by atoms with Gasteiger partial charge in [-0.15, -0.1) is 0 Å². The van der Waals surface area contributed by atoms with Crippen molar-refractivity contribution in [1.82, 2.24) is 15.0 Å². The number of hydrogen-bond acceptors (Lipinski definition) is 4. The van der Waals surface area contributed by atoms with Crippen molar-refractivity contribution in [2.24, 2.45) is 0 Å². The molecule has 0 spiro atoms. The van der Waals surface area contributed by atoms with E-state index < -0.39 is 0 Å². The van der Waals surface area contributed by atoms with Gasteiger partial charge < -0.3 is 4.42 Å². The molecule has 23 heavy (non-hydrogen) atoms. The van der Waals surface area contributed by atoms with Crippen LogP contribution in [0.3, 0.4) is 0 Å². The summed E-state index contributed by atoms with van der Waals surface area (Å²) in [4.78, 5) is 13.5. The Labute approximate surface area is 131 Å². The monoisotopic (exact) mass is 297 g/mol. The third kappa shape index (κ3) is 1.75. The van der Waals surface area contributed by atoms with Gasteiger partial charge in [0.1, 0.15) is 11.2 Å². The third-order valence-electron chi connectivity index (χ3n) is 4.03. The number of benzene rings is 1. The second-order valence-corrected chi connectivity index (χ2v) is 5.37. The molecule has 108 valence electrons. The molecular formula is C19H11N3O. The summed E-state index contributed by atoms with van der Waals surface area (Å²) >= 11 is 0. The molecule has 0 atom stereocenters. The van der Waals surface area contributed by atoms with Crippen LogP contribution in [0, 0.1) is 0 Å². The quantitative estimate of drug-likeness (QED) is 0.454. The van der Waals surface area contributed by atoms with E-state index in [9.17, 15) is 0 Å². The van der Waals surface area contributed by atoms with Crippen LogP contribution in [0.5, 0.6) is 0 Å². The summed E-state index contributed by atoms with van der Waals surface area (Å²) < 4.78 is 6.03.